The van der Waals surface area contributed by atoms with Gasteiger partial charge in [-0.1, -0.05) is 11.2 Å². The molecule has 1 aromatic carbocycles. The van der Waals surface area contributed by atoms with Crippen LogP contribution < -0.4 is 10.6 Å². The molecule has 2 aromatic heterocycles. The van der Waals surface area contributed by atoms with Crippen LogP contribution >= 0.6 is 0 Å². The van der Waals surface area contributed by atoms with E-state index in [2.05, 4.69) is 15.6 Å². The fourth-order valence-corrected chi connectivity index (χ4v) is 6.24. The van der Waals surface area contributed by atoms with Crippen LogP contribution in [0.4, 0.5) is 18.0 Å². The van der Waals surface area contributed by atoms with Crippen LogP contribution in [0.3, 0.4) is 0 Å². The molecule has 2 N–H and O–H groups in total. The minimum Gasteiger partial charge on any atom is -0.438 e. The summed E-state index contributed by atoms with van der Waals surface area (Å²) >= 11 is 0. The lowest BCUT2D eigenvalue weighted by atomic mass is 9.89. The molecule has 3 aromatic rings. The largest absolute Gasteiger partial charge is 0.438 e. The number of amides is 3. The SMILES string of the molecule is COC[C@H](c1ccc2oc([C@H](NC(=O)c3nonc3C3CC3)C(C3CC3)C3CC3)nc2c1)N1C[C@@H](C(F)(F)F)NC1=O. The highest BCUT2D eigenvalue weighted by atomic mass is 19.4. The van der Waals surface area contributed by atoms with Crippen molar-refractivity contribution in [3.05, 3.63) is 41.0 Å². The summed E-state index contributed by atoms with van der Waals surface area (Å²) in [6.45, 7) is -0.538. The molecule has 3 atom stereocenters. The molecule has 4 aliphatic rings. The van der Waals surface area contributed by atoms with E-state index < -0.39 is 36.9 Å². The molecule has 1 saturated heterocycles. The zero-order valence-corrected chi connectivity index (χ0v) is 22.9. The summed E-state index contributed by atoms with van der Waals surface area (Å²) in [5.41, 5.74) is 2.27. The summed E-state index contributed by atoms with van der Waals surface area (Å²) in [6, 6.07) is 1.05. The Labute approximate surface area is 238 Å². The predicted molar refractivity (Wildman–Crippen MR) is 139 cm³/mol. The molecule has 3 heterocycles. The molecule has 11 nitrogen and oxygen atoms in total. The van der Waals surface area contributed by atoms with Crippen LogP contribution in [0.1, 0.15) is 84.2 Å². The molecule has 7 rings (SSSR count). The number of urea groups is 1. The molecular weight excluding hydrogens is 557 g/mol. The lowest BCUT2D eigenvalue weighted by molar-refractivity contribution is -0.150. The van der Waals surface area contributed by atoms with E-state index in [1.165, 1.54) is 7.11 Å². The monoisotopic (exact) mass is 588 g/mol. The van der Waals surface area contributed by atoms with Gasteiger partial charge >= 0.3 is 12.2 Å². The van der Waals surface area contributed by atoms with Crippen LogP contribution in [0.5, 0.6) is 0 Å². The molecule has 14 heteroatoms. The Balaban J connectivity index is 1.19. The fraction of sp³-hybridized carbons (Fsp3) is 0.607. The van der Waals surface area contributed by atoms with Gasteiger partial charge in [-0.3, -0.25) is 4.79 Å². The number of hydrogen-bond donors (Lipinski definition) is 2. The molecule has 42 heavy (non-hydrogen) atoms. The minimum atomic E-state index is -4.56. The van der Waals surface area contributed by atoms with Gasteiger partial charge in [0.05, 0.1) is 19.2 Å². The Bertz CT molecular complexity index is 1480. The van der Waals surface area contributed by atoms with Gasteiger partial charge in [-0.25, -0.2) is 14.4 Å². The number of ether oxygens (including phenoxy) is 1. The number of nitrogens with zero attached hydrogens (tertiary/aromatic N) is 4. The topological polar surface area (TPSA) is 136 Å². The number of hydrogen-bond acceptors (Lipinski definition) is 8. The summed E-state index contributed by atoms with van der Waals surface area (Å²) < 4.78 is 56.4. The molecule has 224 valence electrons. The van der Waals surface area contributed by atoms with Gasteiger partial charge in [0.25, 0.3) is 5.91 Å². The number of halogens is 3. The molecule has 3 amide bonds. The van der Waals surface area contributed by atoms with E-state index in [1.54, 1.807) is 18.2 Å². The second-order valence-corrected chi connectivity index (χ2v) is 11.9. The number of methoxy groups -OCH3 is 1. The Hall–Kier alpha value is -3.68. The molecule has 0 unspecified atom stereocenters. The molecule has 0 radical (unpaired) electrons. The van der Waals surface area contributed by atoms with Crippen LogP contribution in [0, 0.1) is 17.8 Å². The first-order chi connectivity index (χ1) is 20.2. The Kier molecular flexibility index (Phi) is 6.63. The van der Waals surface area contributed by atoms with E-state index in [-0.39, 0.29) is 30.0 Å². The molecule has 0 spiro atoms. The maximum atomic E-state index is 13.5. The number of rotatable bonds is 11. The van der Waals surface area contributed by atoms with E-state index in [1.807, 2.05) is 5.32 Å². The van der Waals surface area contributed by atoms with E-state index in [0.29, 0.717) is 40.1 Å². The Morgan fingerprint density at radius 3 is 2.52 bits per heavy atom. The van der Waals surface area contributed by atoms with Crippen molar-refractivity contribution in [2.75, 3.05) is 20.3 Å². The van der Waals surface area contributed by atoms with Crippen molar-refractivity contribution < 1.29 is 36.5 Å². The number of carbonyl (C=O) groups is 2. The first kappa shape index (κ1) is 27.2. The zero-order chi connectivity index (χ0) is 29.2. The summed E-state index contributed by atoms with van der Waals surface area (Å²) in [4.78, 5) is 31.9. The van der Waals surface area contributed by atoms with Gasteiger partial charge in [-0.05, 0) is 79.1 Å². The Morgan fingerprint density at radius 2 is 1.90 bits per heavy atom. The van der Waals surface area contributed by atoms with Gasteiger partial charge in [0.1, 0.15) is 23.3 Å². The van der Waals surface area contributed by atoms with Crippen molar-refractivity contribution in [3.8, 4) is 0 Å². The average molecular weight is 589 g/mol. The number of benzene rings is 1. The standard InChI is InChI=1S/C28H31F3N6O5/c1-40-12-18(37-11-20(28(29,30)31)33-27(37)39)16-8-9-19-17(10-16)32-26(41-19)23(21(13-2-3-13)14-4-5-14)34-25(38)24-22(15-6-7-15)35-42-36-24/h8-10,13-15,18,20-21,23H,2-7,11-12H2,1H3,(H,33,39)(H,34,38)/t18-,20+,23-/m1/s1. The van der Waals surface area contributed by atoms with Crippen LogP contribution in [-0.2, 0) is 4.74 Å². The van der Waals surface area contributed by atoms with Crippen LogP contribution in [0.25, 0.3) is 11.1 Å². The third-order valence-electron chi connectivity index (χ3n) is 8.81. The Morgan fingerprint density at radius 1 is 1.17 bits per heavy atom. The first-order valence-corrected chi connectivity index (χ1v) is 14.4. The number of nitrogens with one attached hydrogen (secondary N) is 2. The number of fused-ring (bicyclic) bond motifs is 1. The highest BCUT2D eigenvalue weighted by molar-refractivity contribution is 5.93. The lowest BCUT2D eigenvalue weighted by Crippen LogP contribution is -2.40. The van der Waals surface area contributed by atoms with E-state index >= 15 is 0 Å². The summed E-state index contributed by atoms with van der Waals surface area (Å²) in [5.74, 6) is 1.23. The second-order valence-electron chi connectivity index (χ2n) is 11.9. The molecule has 1 aliphatic heterocycles. The fourth-order valence-electron chi connectivity index (χ4n) is 6.24. The van der Waals surface area contributed by atoms with Crippen molar-refractivity contribution >= 4 is 23.0 Å². The van der Waals surface area contributed by atoms with Crippen molar-refractivity contribution in [1.82, 2.24) is 30.8 Å². The summed E-state index contributed by atoms with van der Waals surface area (Å²) in [5, 5.41) is 13.0. The van der Waals surface area contributed by atoms with E-state index in [0.717, 1.165) is 43.4 Å². The highest BCUT2D eigenvalue weighted by Crippen LogP contribution is 2.54. The van der Waals surface area contributed by atoms with E-state index in [4.69, 9.17) is 18.8 Å². The number of aromatic nitrogens is 3. The quantitative estimate of drug-likeness (QED) is 0.331. The molecule has 3 aliphatic carbocycles. The normalized spacial score (nSPS) is 22.5. The maximum absolute atomic E-state index is 13.5. The van der Waals surface area contributed by atoms with Crippen molar-refractivity contribution in [2.45, 2.75) is 68.7 Å². The minimum absolute atomic E-state index is 0.00656. The van der Waals surface area contributed by atoms with Gasteiger partial charge in [-0.2, -0.15) is 13.2 Å². The average Bonchev–Trinajstić information content (AvgIpc) is 3.91. The van der Waals surface area contributed by atoms with Gasteiger partial charge < -0.3 is 24.7 Å². The smallest absolute Gasteiger partial charge is 0.410 e. The molecule has 4 fully saturated rings. The first-order valence-electron chi connectivity index (χ1n) is 14.4. The molecular formula is C28H31F3N6O5. The zero-order valence-electron chi connectivity index (χ0n) is 22.9. The number of oxazole rings is 1. The van der Waals surface area contributed by atoms with Crippen molar-refractivity contribution in [2.24, 2.45) is 17.8 Å². The van der Waals surface area contributed by atoms with Crippen LogP contribution in [-0.4, -0.2) is 64.6 Å². The van der Waals surface area contributed by atoms with Gasteiger partial charge in [0, 0.05) is 13.0 Å². The third-order valence-corrected chi connectivity index (χ3v) is 8.81. The highest BCUT2D eigenvalue weighted by Gasteiger charge is 2.50. The second kappa shape index (κ2) is 10.2. The van der Waals surface area contributed by atoms with E-state index in [9.17, 15) is 22.8 Å². The van der Waals surface area contributed by atoms with Crippen molar-refractivity contribution in [1.29, 1.82) is 0 Å². The van der Waals surface area contributed by atoms with Gasteiger partial charge in [0.15, 0.2) is 11.3 Å². The lowest BCUT2D eigenvalue weighted by Gasteiger charge is -2.27. The van der Waals surface area contributed by atoms with Gasteiger partial charge in [0.2, 0.25) is 5.89 Å². The maximum Gasteiger partial charge on any atom is 0.410 e. The number of alkyl halides is 3. The van der Waals surface area contributed by atoms with Crippen LogP contribution in [0.15, 0.2) is 27.2 Å². The summed E-state index contributed by atoms with van der Waals surface area (Å²) in [7, 11) is 1.43. The molecule has 3 saturated carbocycles. The van der Waals surface area contributed by atoms with Gasteiger partial charge in [-0.15, -0.1) is 0 Å². The predicted octanol–water partition coefficient (Wildman–Crippen LogP) is 4.64. The number of carbonyl (C=O) groups excluding carboxylic acids is 2. The summed E-state index contributed by atoms with van der Waals surface area (Å²) in [6.07, 6.45) is 1.63. The van der Waals surface area contributed by atoms with Crippen molar-refractivity contribution in [3.63, 3.8) is 0 Å². The third kappa shape index (κ3) is 5.20. The molecule has 0 bridgehead atoms. The van der Waals surface area contributed by atoms with Crippen LogP contribution in [0.2, 0.25) is 0 Å².